The fraction of sp³-hybridized carbons (Fsp3) is 0.423. The molecule has 0 spiro atoms. The molecule has 0 aliphatic heterocycles. The molecule has 0 saturated carbocycles. The number of esters is 1. The van der Waals surface area contributed by atoms with Crippen molar-refractivity contribution < 1.29 is 9.53 Å². The van der Waals surface area contributed by atoms with E-state index in [9.17, 15) is 4.79 Å². The maximum Gasteiger partial charge on any atom is 0.338 e. The minimum Gasteiger partial charge on any atom is -0.462 e. The Morgan fingerprint density at radius 3 is 2.00 bits per heavy atom. The molecule has 0 aliphatic carbocycles. The van der Waals surface area contributed by atoms with E-state index in [4.69, 9.17) is 4.74 Å². The van der Waals surface area contributed by atoms with Crippen LogP contribution in [0.5, 0.6) is 0 Å². The van der Waals surface area contributed by atoms with E-state index in [1.165, 1.54) is 49.4 Å². The van der Waals surface area contributed by atoms with E-state index in [0.29, 0.717) is 12.2 Å². The van der Waals surface area contributed by atoms with Crippen molar-refractivity contribution in [2.75, 3.05) is 27.2 Å². The Hall–Kier alpha value is -2.39. The fourth-order valence-corrected chi connectivity index (χ4v) is 3.73. The molecule has 0 heterocycles. The number of hydrogen-bond acceptors (Lipinski definition) is 3. The molecule has 3 heteroatoms. The van der Waals surface area contributed by atoms with Crippen LogP contribution in [-0.2, 0) is 4.74 Å². The lowest BCUT2D eigenvalue weighted by atomic mass is 10.0. The van der Waals surface area contributed by atoms with Crippen molar-refractivity contribution in [1.82, 2.24) is 4.90 Å². The summed E-state index contributed by atoms with van der Waals surface area (Å²) in [6.45, 7) is 1.69. The monoisotopic (exact) mass is 391 g/mol. The van der Waals surface area contributed by atoms with Crippen LogP contribution in [0.15, 0.2) is 54.6 Å². The second-order valence-corrected chi connectivity index (χ2v) is 8.18. The van der Waals surface area contributed by atoms with Crippen molar-refractivity contribution in [3.63, 3.8) is 0 Å². The first-order valence-corrected chi connectivity index (χ1v) is 10.9. The van der Waals surface area contributed by atoms with Gasteiger partial charge in [-0.3, -0.25) is 0 Å². The van der Waals surface area contributed by atoms with Crippen LogP contribution in [0.3, 0.4) is 0 Å². The largest absolute Gasteiger partial charge is 0.462 e. The van der Waals surface area contributed by atoms with Crippen molar-refractivity contribution in [1.29, 1.82) is 0 Å². The van der Waals surface area contributed by atoms with Crippen molar-refractivity contribution >= 4 is 27.5 Å². The van der Waals surface area contributed by atoms with Gasteiger partial charge in [-0.05, 0) is 79.3 Å². The van der Waals surface area contributed by atoms with Crippen LogP contribution in [0.1, 0.15) is 55.3 Å². The molecule has 29 heavy (non-hydrogen) atoms. The Morgan fingerprint density at radius 1 is 0.724 bits per heavy atom. The van der Waals surface area contributed by atoms with Gasteiger partial charge in [0.05, 0.1) is 12.2 Å². The number of nitrogens with zero attached hydrogens (tertiary/aromatic N) is 1. The molecule has 0 N–H and O–H groups in total. The molecule has 3 nitrogen and oxygen atoms in total. The molecule has 0 aromatic heterocycles. The summed E-state index contributed by atoms with van der Waals surface area (Å²) in [6.07, 6.45) is 8.48. The Balaban J connectivity index is 1.39. The molecule has 0 amide bonds. The summed E-state index contributed by atoms with van der Waals surface area (Å²) in [5.74, 6) is -0.219. The summed E-state index contributed by atoms with van der Waals surface area (Å²) in [5.41, 5.74) is 0.633. The molecular formula is C26H33NO2. The quantitative estimate of drug-likeness (QED) is 0.214. The van der Waals surface area contributed by atoms with Crippen LogP contribution < -0.4 is 0 Å². The van der Waals surface area contributed by atoms with Crippen molar-refractivity contribution in [2.24, 2.45) is 0 Å². The predicted molar refractivity (Wildman–Crippen MR) is 123 cm³/mol. The molecule has 0 fully saturated rings. The maximum absolute atomic E-state index is 12.4. The van der Waals surface area contributed by atoms with Gasteiger partial charge < -0.3 is 9.64 Å². The van der Waals surface area contributed by atoms with Crippen LogP contribution in [0.25, 0.3) is 21.5 Å². The molecule has 3 rings (SSSR count). The van der Waals surface area contributed by atoms with Crippen LogP contribution >= 0.6 is 0 Å². The number of fused-ring (bicyclic) bond motifs is 2. The zero-order valence-electron chi connectivity index (χ0n) is 17.8. The Morgan fingerprint density at radius 2 is 1.31 bits per heavy atom. The number of unbranched alkanes of at least 4 members (excludes halogenated alkanes) is 6. The van der Waals surface area contributed by atoms with Crippen LogP contribution in [0, 0.1) is 0 Å². The SMILES string of the molecule is CN(C)CCCCCCCCCOC(=O)c1ccc2cc3ccccc3cc2c1. The lowest BCUT2D eigenvalue weighted by Crippen LogP contribution is -2.12. The minimum atomic E-state index is -0.219. The third-order valence-electron chi connectivity index (χ3n) is 5.42. The first-order chi connectivity index (χ1) is 14.1. The van der Waals surface area contributed by atoms with Crippen molar-refractivity contribution in [3.05, 3.63) is 60.2 Å². The van der Waals surface area contributed by atoms with E-state index in [0.717, 1.165) is 23.6 Å². The Kier molecular flexibility index (Phi) is 8.06. The standard InChI is InChI=1S/C26H33NO2/c1-27(2)16-10-6-4-3-5-7-11-17-29-26(28)24-15-14-23-18-21-12-8-9-13-22(21)19-25(23)20-24/h8-9,12-15,18-20H,3-7,10-11,16-17H2,1-2H3. The number of hydrogen-bond donors (Lipinski definition) is 0. The zero-order chi connectivity index (χ0) is 20.5. The average molecular weight is 392 g/mol. The highest BCUT2D eigenvalue weighted by atomic mass is 16.5. The first kappa shape index (κ1) is 21.3. The van der Waals surface area contributed by atoms with Gasteiger partial charge in [-0.15, -0.1) is 0 Å². The summed E-state index contributed by atoms with van der Waals surface area (Å²) < 4.78 is 5.49. The molecular weight excluding hydrogens is 358 g/mol. The number of carbonyl (C=O) groups is 1. The topological polar surface area (TPSA) is 29.5 Å². The molecule has 0 atom stereocenters. The highest BCUT2D eigenvalue weighted by molar-refractivity contribution is 6.01. The van der Waals surface area contributed by atoms with E-state index in [1.54, 1.807) is 0 Å². The molecule has 0 saturated heterocycles. The minimum absolute atomic E-state index is 0.219. The average Bonchev–Trinajstić information content (AvgIpc) is 2.72. The van der Waals surface area contributed by atoms with Gasteiger partial charge in [-0.1, -0.05) is 62.4 Å². The van der Waals surface area contributed by atoms with E-state index in [-0.39, 0.29) is 5.97 Å². The molecule has 0 radical (unpaired) electrons. The van der Waals surface area contributed by atoms with Gasteiger partial charge in [0.25, 0.3) is 0 Å². The third kappa shape index (κ3) is 6.57. The lowest BCUT2D eigenvalue weighted by Gasteiger charge is -2.09. The summed E-state index contributed by atoms with van der Waals surface area (Å²) in [6, 6.07) is 18.4. The van der Waals surface area contributed by atoms with Gasteiger partial charge in [0.1, 0.15) is 0 Å². The number of rotatable bonds is 11. The van der Waals surface area contributed by atoms with E-state index < -0.39 is 0 Å². The first-order valence-electron chi connectivity index (χ1n) is 10.9. The van der Waals surface area contributed by atoms with E-state index in [1.807, 2.05) is 30.3 Å². The highest BCUT2D eigenvalue weighted by Gasteiger charge is 2.08. The second-order valence-electron chi connectivity index (χ2n) is 8.18. The summed E-state index contributed by atoms with van der Waals surface area (Å²) >= 11 is 0. The van der Waals surface area contributed by atoms with Gasteiger partial charge in [0.15, 0.2) is 0 Å². The molecule has 0 aliphatic rings. The van der Waals surface area contributed by atoms with Gasteiger partial charge in [-0.25, -0.2) is 4.79 Å². The normalized spacial score (nSPS) is 11.4. The van der Waals surface area contributed by atoms with Gasteiger partial charge in [-0.2, -0.15) is 0 Å². The van der Waals surface area contributed by atoms with Crippen molar-refractivity contribution in [2.45, 2.75) is 44.9 Å². The Bertz CT molecular complexity index is 932. The lowest BCUT2D eigenvalue weighted by molar-refractivity contribution is 0.0498. The van der Waals surface area contributed by atoms with E-state index >= 15 is 0 Å². The number of carbonyl (C=O) groups excluding carboxylic acids is 1. The summed E-state index contributed by atoms with van der Waals surface area (Å²) in [7, 11) is 4.25. The van der Waals surface area contributed by atoms with Crippen LogP contribution in [0.4, 0.5) is 0 Å². The molecule has 3 aromatic rings. The van der Waals surface area contributed by atoms with Crippen LogP contribution in [0.2, 0.25) is 0 Å². The predicted octanol–water partition coefficient (Wildman–Crippen LogP) is 6.44. The third-order valence-corrected chi connectivity index (χ3v) is 5.42. The molecule has 154 valence electrons. The smallest absolute Gasteiger partial charge is 0.338 e. The zero-order valence-corrected chi connectivity index (χ0v) is 17.8. The molecule has 0 bridgehead atoms. The summed E-state index contributed by atoms with van der Waals surface area (Å²) in [4.78, 5) is 14.6. The van der Waals surface area contributed by atoms with Gasteiger partial charge in [0, 0.05) is 0 Å². The molecule has 3 aromatic carbocycles. The van der Waals surface area contributed by atoms with E-state index in [2.05, 4.69) is 43.3 Å². The van der Waals surface area contributed by atoms with Gasteiger partial charge in [0.2, 0.25) is 0 Å². The Labute approximate surface area is 174 Å². The second kappa shape index (κ2) is 11.0. The number of benzene rings is 3. The van der Waals surface area contributed by atoms with Gasteiger partial charge >= 0.3 is 5.97 Å². The van der Waals surface area contributed by atoms with Crippen LogP contribution in [-0.4, -0.2) is 38.1 Å². The van der Waals surface area contributed by atoms with Crippen molar-refractivity contribution in [3.8, 4) is 0 Å². The molecule has 0 unspecified atom stereocenters. The fourth-order valence-electron chi connectivity index (χ4n) is 3.73. The maximum atomic E-state index is 12.4. The number of ether oxygens (including phenoxy) is 1. The highest BCUT2D eigenvalue weighted by Crippen LogP contribution is 2.24. The summed E-state index contributed by atoms with van der Waals surface area (Å²) in [5, 5.41) is 4.62.